The van der Waals surface area contributed by atoms with Gasteiger partial charge in [0.05, 0.1) is 6.10 Å². The topological polar surface area (TPSA) is 87.1 Å². The van der Waals surface area contributed by atoms with Crippen molar-refractivity contribution in [3.05, 3.63) is 28.8 Å². The molecule has 0 aliphatic carbocycles. The number of halogens is 1. The Hall–Kier alpha value is -1.79. The number of aliphatic hydroxyl groups excluding tert-OH is 1. The van der Waals surface area contributed by atoms with Crippen LogP contribution in [-0.2, 0) is 16.0 Å². The van der Waals surface area contributed by atoms with Crippen molar-refractivity contribution in [2.75, 3.05) is 6.54 Å². The van der Waals surface area contributed by atoms with Gasteiger partial charge in [-0.3, -0.25) is 4.79 Å². The van der Waals surface area contributed by atoms with E-state index < -0.39 is 30.1 Å². The zero-order valence-corrected chi connectivity index (χ0v) is 11.8. The summed E-state index contributed by atoms with van der Waals surface area (Å²) in [6.45, 7) is 0.0206. The fourth-order valence-electron chi connectivity index (χ4n) is 2.83. The fourth-order valence-corrected chi connectivity index (χ4v) is 3.03. The number of likely N-dealkylation sites (tertiary alicyclic amines) is 1. The quantitative estimate of drug-likeness (QED) is 0.839. The summed E-state index contributed by atoms with van der Waals surface area (Å²) in [7, 11) is 0. The van der Waals surface area contributed by atoms with E-state index in [1.165, 1.54) is 4.90 Å². The van der Waals surface area contributed by atoms with Crippen molar-refractivity contribution in [2.24, 2.45) is 0 Å². The fraction of sp³-hybridized carbons (Fsp3) is 0.429. The van der Waals surface area contributed by atoms with Gasteiger partial charge in [0.15, 0.2) is 6.10 Å². The van der Waals surface area contributed by atoms with Gasteiger partial charge in [0.2, 0.25) is 0 Å². The standard InChI is InChI=1S/C14H14ClNO5/c15-8-1-2-11-7(3-8)4-12(21-11)13(18)16-6-9(17)5-10(16)14(19)20/h1-3,9-10,12,17H,4-6H2,(H,19,20)/t9-,10-,12?/m0/s1. The number of ether oxygens (including phenoxy) is 1. The molecule has 2 heterocycles. The van der Waals surface area contributed by atoms with Crippen molar-refractivity contribution in [3.8, 4) is 5.75 Å². The number of aliphatic carboxylic acids is 1. The molecule has 21 heavy (non-hydrogen) atoms. The molecule has 1 aromatic carbocycles. The van der Waals surface area contributed by atoms with E-state index in [2.05, 4.69) is 0 Å². The number of aliphatic hydroxyl groups is 1. The largest absolute Gasteiger partial charge is 0.480 e. The molecule has 1 saturated heterocycles. The lowest BCUT2D eigenvalue weighted by Gasteiger charge is -2.24. The van der Waals surface area contributed by atoms with E-state index in [4.69, 9.17) is 21.4 Å². The van der Waals surface area contributed by atoms with Crippen LogP contribution >= 0.6 is 11.6 Å². The van der Waals surface area contributed by atoms with Gasteiger partial charge in [-0.15, -0.1) is 0 Å². The van der Waals surface area contributed by atoms with Crippen LogP contribution in [0.3, 0.4) is 0 Å². The molecule has 6 nitrogen and oxygen atoms in total. The molecule has 3 rings (SSSR count). The summed E-state index contributed by atoms with van der Waals surface area (Å²) in [5.74, 6) is -0.936. The van der Waals surface area contributed by atoms with E-state index >= 15 is 0 Å². The highest BCUT2D eigenvalue weighted by molar-refractivity contribution is 6.30. The summed E-state index contributed by atoms with van der Waals surface area (Å²) in [6.07, 6.45) is -1.17. The Morgan fingerprint density at radius 2 is 2.14 bits per heavy atom. The highest BCUT2D eigenvalue weighted by Crippen LogP contribution is 2.32. The Morgan fingerprint density at radius 1 is 1.38 bits per heavy atom. The van der Waals surface area contributed by atoms with Gasteiger partial charge in [-0.1, -0.05) is 11.6 Å². The second-order valence-electron chi connectivity index (χ2n) is 5.30. The highest BCUT2D eigenvalue weighted by atomic mass is 35.5. The molecule has 1 aromatic rings. The van der Waals surface area contributed by atoms with Gasteiger partial charge < -0.3 is 19.8 Å². The summed E-state index contributed by atoms with van der Waals surface area (Å²) in [5, 5.41) is 19.3. The van der Waals surface area contributed by atoms with Gasteiger partial charge in [-0.25, -0.2) is 4.79 Å². The SMILES string of the molecule is O=C(O)[C@@H]1C[C@H](O)CN1C(=O)C1Cc2cc(Cl)ccc2O1. The van der Waals surface area contributed by atoms with Crippen LogP contribution in [0.1, 0.15) is 12.0 Å². The minimum atomic E-state index is -1.11. The lowest BCUT2D eigenvalue weighted by Crippen LogP contribution is -2.47. The van der Waals surface area contributed by atoms with E-state index in [0.717, 1.165) is 5.56 Å². The number of carboxylic acids is 1. The van der Waals surface area contributed by atoms with Crippen LogP contribution in [0.4, 0.5) is 0 Å². The average molecular weight is 312 g/mol. The molecule has 2 N–H and O–H groups in total. The molecule has 7 heteroatoms. The summed E-state index contributed by atoms with van der Waals surface area (Å²) in [4.78, 5) is 24.8. The molecule has 1 unspecified atom stereocenters. The number of nitrogens with zero attached hydrogens (tertiary/aromatic N) is 1. The Bertz CT molecular complexity index is 605. The lowest BCUT2D eigenvalue weighted by molar-refractivity contribution is -0.150. The molecule has 0 saturated carbocycles. The molecule has 1 amide bonds. The van der Waals surface area contributed by atoms with Gasteiger partial charge >= 0.3 is 5.97 Å². The second-order valence-corrected chi connectivity index (χ2v) is 5.73. The predicted octanol–water partition coefficient (Wildman–Crippen LogP) is 0.690. The molecule has 112 valence electrons. The Kier molecular flexibility index (Phi) is 3.51. The van der Waals surface area contributed by atoms with Gasteiger partial charge in [0, 0.05) is 24.4 Å². The number of fused-ring (bicyclic) bond motifs is 1. The third kappa shape index (κ3) is 2.56. The number of carbonyl (C=O) groups excluding carboxylic acids is 1. The van der Waals surface area contributed by atoms with Crippen LogP contribution in [0, 0.1) is 0 Å². The lowest BCUT2D eigenvalue weighted by atomic mass is 10.1. The van der Waals surface area contributed by atoms with Gasteiger partial charge in [0.1, 0.15) is 11.8 Å². The molecular weight excluding hydrogens is 298 g/mol. The number of benzene rings is 1. The van der Waals surface area contributed by atoms with Gasteiger partial charge in [0.25, 0.3) is 5.91 Å². The number of hydrogen-bond donors (Lipinski definition) is 2. The van der Waals surface area contributed by atoms with Crippen molar-refractivity contribution in [1.82, 2.24) is 4.90 Å². The number of amides is 1. The Balaban J connectivity index is 1.77. The smallest absolute Gasteiger partial charge is 0.326 e. The first-order valence-electron chi connectivity index (χ1n) is 6.62. The number of β-amino-alcohol motifs (C(OH)–C–C–N with tert-alkyl or cyclic N) is 1. The van der Waals surface area contributed by atoms with Crippen molar-refractivity contribution < 1.29 is 24.5 Å². The summed E-state index contributed by atoms with van der Waals surface area (Å²) in [5.41, 5.74) is 0.826. The van der Waals surface area contributed by atoms with Crippen LogP contribution in [0.2, 0.25) is 5.02 Å². The van der Waals surface area contributed by atoms with Gasteiger partial charge in [-0.05, 0) is 23.8 Å². The minimum Gasteiger partial charge on any atom is -0.480 e. The molecule has 0 aromatic heterocycles. The van der Waals surface area contributed by atoms with Crippen LogP contribution in [-0.4, -0.2) is 51.8 Å². The molecule has 0 spiro atoms. The summed E-state index contributed by atoms with van der Waals surface area (Å²) in [6, 6.07) is 4.10. The molecule has 2 aliphatic heterocycles. The zero-order valence-electron chi connectivity index (χ0n) is 11.0. The maximum absolute atomic E-state index is 12.5. The van der Waals surface area contributed by atoms with Crippen molar-refractivity contribution >= 4 is 23.5 Å². The second kappa shape index (κ2) is 5.20. The zero-order chi connectivity index (χ0) is 15.1. The third-order valence-electron chi connectivity index (χ3n) is 3.82. The normalized spacial score (nSPS) is 27.3. The minimum absolute atomic E-state index is 0.0206. The maximum atomic E-state index is 12.5. The van der Waals surface area contributed by atoms with E-state index in [1.807, 2.05) is 0 Å². The van der Waals surface area contributed by atoms with E-state index in [-0.39, 0.29) is 13.0 Å². The molecule has 3 atom stereocenters. The van der Waals surface area contributed by atoms with Crippen LogP contribution in [0.5, 0.6) is 5.75 Å². The van der Waals surface area contributed by atoms with Crippen molar-refractivity contribution in [1.29, 1.82) is 0 Å². The predicted molar refractivity (Wildman–Crippen MR) is 73.3 cm³/mol. The summed E-state index contributed by atoms with van der Waals surface area (Å²) >= 11 is 5.90. The van der Waals surface area contributed by atoms with E-state index in [1.54, 1.807) is 18.2 Å². The molecular formula is C14H14ClNO5. The van der Waals surface area contributed by atoms with E-state index in [9.17, 15) is 14.7 Å². The molecule has 0 radical (unpaired) electrons. The third-order valence-corrected chi connectivity index (χ3v) is 4.05. The first kappa shape index (κ1) is 14.2. The monoisotopic (exact) mass is 311 g/mol. The Labute approximate surface area is 125 Å². The number of hydrogen-bond acceptors (Lipinski definition) is 4. The first-order valence-corrected chi connectivity index (χ1v) is 7.00. The molecule has 0 bridgehead atoms. The van der Waals surface area contributed by atoms with Crippen LogP contribution < -0.4 is 4.74 Å². The first-order chi connectivity index (χ1) is 9.95. The van der Waals surface area contributed by atoms with Gasteiger partial charge in [-0.2, -0.15) is 0 Å². The number of carbonyl (C=O) groups is 2. The molecule has 2 aliphatic rings. The highest BCUT2D eigenvalue weighted by Gasteiger charge is 2.43. The van der Waals surface area contributed by atoms with Crippen LogP contribution in [0.15, 0.2) is 18.2 Å². The maximum Gasteiger partial charge on any atom is 0.326 e. The average Bonchev–Trinajstić information content (AvgIpc) is 3.00. The molecule has 1 fully saturated rings. The van der Waals surface area contributed by atoms with Crippen LogP contribution in [0.25, 0.3) is 0 Å². The number of carboxylic acid groups (broad SMARTS) is 1. The Morgan fingerprint density at radius 3 is 2.86 bits per heavy atom. The van der Waals surface area contributed by atoms with Crippen molar-refractivity contribution in [2.45, 2.75) is 31.1 Å². The van der Waals surface area contributed by atoms with Crippen molar-refractivity contribution in [3.63, 3.8) is 0 Å². The summed E-state index contributed by atoms with van der Waals surface area (Å²) < 4.78 is 5.58. The van der Waals surface area contributed by atoms with E-state index in [0.29, 0.717) is 17.2 Å². The number of rotatable bonds is 2.